The van der Waals surface area contributed by atoms with E-state index in [1.807, 2.05) is 12.3 Å². The molecule has 0 aliphatic carbocycles. The summed E-state index contributed by atoms with van der Waals surface area (Å²) in [4.78, 5) is 8.10. The molecule has 0 bridgehead atoms. The predicted octanol–water partition coefficient (Wildman–Crippen LogP) is 6.24. The van der Waals surface area contributed by atoms with Gasteiger partial charge in [0.2, 0.25) is 0 Å². The number of alkyl halides is 1. The van der Waals surface area contributed by atoms with Crippen LogP contribution < -0.4 is 0 Å². The van der Waals surface area contributed by atoms with Gasteiger partial charge in [0.25, 0.3) is 0 Å². The molecular formula is C20H31BrN2OSi. The van der Waals surface area contributed by atoms with Gasteiger partial charge >= 0.3 is 0 Å². The summed E-state index contributed by atoms with van der Waals surface area (Å²) in [5, 5.41) is 0.285. The van der Waals surface area contributed by atoms with E-state index in [1.165, 1.54) is 11.3 Å². The summed E-state index contributed by atoms with van der Waals surface area (Å²) >= 11 is 3.73. The van der Waals surface area contributed by atoms with Crippen LogP contribution in [0.2, 0.25) is 18.1 Å². The fourth-order valence-electron chi connectivity index (χ4n) is 2.37. The van der Waals surface area contributed by atoms with Gasteiger partial charge < -0.3 is 9.41 Å². The van der Waals surface area contributed by atoms with Crippen LogP contribution in [0.25, 0.3) is 0 Å². The summed E-state index contributed by atoms with van der Waals surface area (Å²) in [7, 11) is -1.61. The molecule has 1 aromatic carbocycles. The minimum atomic E-state index is -1.61. The summed E-state index contributed by atoms with van der Waals surface area (Å²) in [6.07, 6.45) is 5.19. The van der Waals surface area contributed by atoms with Crippen molar-refractivity contribution in [3.63, 3.8) is 0 Å². The number of unbranched alkanes of at least 4 members (excludes halogenated alkanes) is 1. The summed E-state index contributed by atoms with van der Waals surface area (Å²) < 4.78 is 6.24. The Kier molecular flexibility index (Phi) is 7.06. The van der Waals surface area contributed by atoms with Gasteiger partial charge in [-0.15, -0.1) is 0 Å². The van der Waals surface area contributed by atoms with Crippen molar-refractivity contribution in [1.82, 2.24) is 9.97 Å². The van der Waals surface area contributed by atoms with Crippen LogP contribution in [-0.2, 0) is 10.8 Å². The quantitative estimate of drug-likeness (QED) is 0.310. The van der Waals surface area contributed by atoms with Crippen LogP contribution in [0.3, 0.4) is 0 Å². The second kappa shape index (κ2) is 8.65. The largest absolute Gasteiger partial charge is 0.417 e. The van der Waals surface area contributed by atoms with Crippen molar-refractivity contribution in [3.8, 4) is 0 Å². The number of imidazole rings is 1. The molecule has 3 nitrogen and oxygen atoms in total. The molecule has 0 radical (unpaired) electrons. The van der Waals surface area contributed by atoms with Crippen LogP contribution in [0.15, 0.2) is 36.5 Å². The number of benzene rings is 1. The van der Waals surface area contributed by atoms with Crippen LogP contribution in [-0.4, -0.2) is 24.9 Å². The summed E-state index contributed by atoms with van der Waals surface area (Å²) in [5.74, 6) is 0.971. The van der Waals surface area contributed by atoms with E-state index >= 15 is 0 Å². The molecule has 5 heteroatoms. The molecule has 0 saturated heterocycles. The number of halogens is 1. The maximum Gasteiger partial charge on any atom is 0.191 e. The van der Waals surface area contributed by atoms with Crippen molar-refractivity contribution in [1.29, 1.82) is 0 Å². The van der Waals surface area contributed by atoms with Gasteiger partial charge in [-0.2, -0.15) is 0 Å². The van der Waals surface area contributed by atoms with Gasteiger partial charge in [0.15, 0.2) is 8.32 Å². The molecule has 1 heterocycles. The zero-order chi connectivity index (χ0) is 18.5. The number of hydrogen-bond acceptors (Lipinski definition) is 2. The maximum atomic E-state index is 6.24. The summed E-state index contributed by atoms with van der Waals surface area (Å²) in [6, 6.07) is 10.4. The molecule has 0 fully saturated rings. The number of aromatic amines is 1. The number of aryl methyl sites for hydroxylation is 1. The van der Waals surface area contributed by atoms with Crippen molar-refractivity contribution in [2.24, 2.45) is 0 Å². The van der Waals surface area contributed by atoms with Gasteiger partial charge in [-0.1, -0.05) is 67.0 Å². The van der Waals surface area contributed by atoms with Crippen molar-refractivity contribution in [2.75, 3.05) is 6.61 Å². The van der Waals surface area contributed by atoms with E-state index in [2.05, 4.69) is 84.0 Å². The third-order valence-corrected chi connectivity index (χ3v) is 10.6. The van der Waals surface area contributed by atoms with E-state index in [9.17, 15) is 0 Å². The van der Waals surface area contributed by atoms with Gasteiger partial charge in [0.05, 0.1) is 4.83 Å². The Morgan fingerprint density at radius 1 is 1.16 bits per heavy atom. The first-order chi connectivity index (χ1) is 11.7. The molecule has 1 atom stereocenters. The molecule has 2 rings (SSSR count). The fourth-order valence-corrected chi connectivity index (χ4v) is 4.00. The molecule has 1 N–H and O–H groups in total. The van der Waals surface area contributed by atoms with Crippen LogP contribution in [0.4, 0.5) is 0 Å². The number of rotatable bonds is 8. The molecule has 0 amide bonds. The zero-order valence-electron chi connectivity index (χ0n) is 16.1. The lowest BCUT2D eigenvalue weighted by Gasteiger charge is -2.36. The van der Waals surface area contributed by atoms with E-state index in [4.69, 9.17) is 4.43 Å². The highest BCUT2D eigenvalue weighted by Crippen LogP contribution is 2.36. The Balaban J connectivity index is 1.77. The van der Waals surface area contributed by atoms with E-state index < -0.39 is 8.32 Å². The number of nitrogens with zero attached hydrogens (tertiary/aromatic N) is 1. The van der Waals surface area contributed by atoms with Gasteiger partial charge in [0.1, 0.15) is 5.82 Å². The van der Waals surface area contributed by atoms with Crippen LogP contribution in [0.1, 0.15) is 55.5 Å². The Hall–Kier alpha value is -0.913. The molecule has 25 heavy (non-hydrogen) atoms. The van der Waals surface area contributed by atoms with Crippen LogP contribution in [0.5, 0.6) is 0 Å². The first-order valence-corrected chi connectivity index (χ1v) is 12.9. The summed E-state index contributed by atoms with van der Waals surface area (Å²) in [6.45, 7) is 12.3. The monoisotopic (exact) mass is 422 g/mol. The van der Waals surface area contributed by atoms with Gasteiger partial charge in [0, 0.05) is 18.5 Å². The van der Waals surface area contributed by atoms with Gasteiger partial charge in [-0.3, -0.25) is 0 Å². The lowest BCUT2D eigenvalue weighted by Crippen LogP contribution is -2.40. The second-order valence-electron chi connectivity index (χ2n) is 8.13. The standard InChI is InChI=1S/C20H31BrN2OSi/c1-20(2,3)25(4,5)24-14-10-9-13-17-15-22-19(23-17)18(21)16-11-7-6-8-12-16/h6-8,11-12,15,18H,9-10,13-14H2,1-5H3,(H,22,23). The molecule has 0 aliphatic rings. The molecular weight excluding hydrogens is 392 g/mol. The zero-order valence-corrected chi connectivity index (χ0v) is 18.7. The SMILES string of the molecule is CC(C)(C)[Si](C)(C)OCCCCc1cnc(C(Br)c2ccccc2)[nH]1. The van der Waals surface area contributed by atoms with E-state index in [1.54, 1.807) is 0 Å². The topological polar surface area (TPSA) is 37.9 Å². The van der Waals surface area contributed by atoms with Gasteiger partial charge in [-0.05, 0) is 43.0 Å². The average Bonchev–Trinajstić information content (AvgIpc) is 3.02. The highest BCUT2D eigenvalue weighted by atomic mass is 79.9. The third kappa shape index (κ3) is 5.80. The Labute approximate surface area is 161 Å². The first-order valence-electron chi connectivity index (χ1n) is 9.07. The minimum absolute atomic E-state index is 0.115. The number of aromatic nitrogens is 2. The average molecular weight is 423 g/mol. The van der Waals surface area contributed by atoms with Crippen molar-refractivity contribution in [3.05, 3.63) is 53.6 Å². The smallest absolute Gasteiger partial charge is 0.191 e. The molecule has 0 spiro atoms. The van der Waals surface area contributed by atoms with E-state index in [-0.39, 0.29) is 9.87 Å². The van der Waals surface area contributed by atoms with E-state index in [0.717, 1.165) is 31.7 Å². The fraction of sp³-hybridized carbons (Fsp3) is 0.550. The molecule has 1 aromatic heterocycles. The third-order valence-electron chi connectivity index (χ3n) is 5.09. The lowest BCUT2D eigenvalue weighted by molar-refractivity contribution is 0.279. The van der Waals surface area contributed by atoms with Crippen molar-refractivity contribution >= 4 is 24.2 Å². The molecule has 2 aromatic rings. The highest BCUT2D eigenvalue weighted by molar-refractivity contribution is 9.09. The van der Waals surface area contributed by atoms with Gasteiger partial charge in [-0.25, -0.2) is 4.98 Å². The maximum absolute atomic E-state index is 6.24. The number of nitrogens with one attached hydrogen (secondary N) is 1. The van der Waals surface area contributed by atoms with Crippen molar-refractivity contribution in [2.45, 2.75) is 63.0 Å². The molecule has 0 saturated carbocycles. The Morgan fingerprint density at radius 3 is 2.48 bits per heavy atom. The van der Waals surface area contributed by atoms with Crippen LogP contribution in [0, 0.1) is 0 Å². The Bertz CT molecular complexity index is 649. The van der Waals surface area contributed by atoms with Crippen LogP contribution >= 0.6 is 15.9 Å². The first kappa shape index (κ1) is 20.4. The molecule has 0 aliphatic heterocycles. The minimum Gasteiger partial charge on any atom is -0.417 e. The second-order valence-corrected chi connectivity index (χ2v) is 13.9. The van der Waals surface area contributed by atoms with Crippen molar-refractivity contribution < 1.29 is 4.43 Å². The Morgan fingerprint density at radius 2 is 1.84 bits per heavy atom. The molecule has 1 unspecified atom stereocenters. The highest BCUT2D eigenvalue weighted by Gasteiger charge is 2.36. The normalized spacial score (nSPS) is 13.8. The number of H-pyrrole nitrogens is 1. The molecule has 138 valence electrons. The van der Waals surface area contributed by atoms with E-state index in [0.29, 0.717) is 0 Å². The summed E-state index contributed by atoms with van der Waals surface area (Å²) in [5.41, 5.74) is 2.41. The predicted molar refractivity (Wildman–Crippen MR) is 112 cm³/mol. The number of hydrogen-bond donors (Lipinski definition) is 1. The lowest BCUT2D eigenvalue weighted by atomic mass is 10.1.